The van der Waals surface area contributed by atoms with Gasteiger partial charge in [-0.2, -0.15) is 0 Å². The van der Waals surface area contributed by atoms with Crippen molar-refractivity contribution >= 4 is 51.2 Å². The summed E-state index contributed by atoms with van der Waals surface area (Å²) >= 11 is 5.30. The molecule has 0 unspecified atom stereocenters. The summed E-state index contributed by atoms with van der Waals surface area (Å²) in [5.74, 6) is -0.0397. The van der Waals surface area contributed by atoms with E-state index in [1.807, 2.05) is 16.8 Å². The minimum absolute atomic E-state index is 0.0397. The Labute approximate surface area is 109 Å². The zero-order valence-electron chi connectivity index (χ0n) is 7.57. The van der Waals surface area contributed by atoms with Crippen molar-refractivity contribution in [2.75, 3.05) is 0 Å². The number of carbonyl (C=O) groups is 1. The summed E-state index contributed by atoms with van der Waals surface area (Å²) in [5.41, 5.74) is 3.38. The van der Waals surface area contributed by atoms with E-state index in [4.69, 9.17) is 0 Å². The fourth-order valence-corrected chi connectivity index (χ4v) is 2.91. The van der Waals surface area contributed by atoms with Crippen molar-refractivity contribution in [3.8, 4) is 0 Å². The van der Waals surface area contributed by atoms with Crippen LogP contribution in [-0.2, 0) is 6.54 Å². The summed E-state index contributed by atoms with van der Waals surface area (Å²) in [6, 6.07) is 1.88. The lowest BCUT2D eigenvalue weighted by molar-refractivity contribution is 0.0951. The highest BCUT2D eigenvalue weighted by Crippen LogP contribution is 2.16. The van der Waals surface area contributed by atoms with Crippen LogP contribution < -0.4 is 5.32 Å². The van der Waals surface area contributed by atoms with Crippen molar-refractivity contribution in [1.29, 1.82) is 0 Å². The number of hydrogen-bond acceptors (Lipinski definition) is 4. The Balaban J connectivity index is 1.93. The van der Waals surface area contributed by atoms with Gasteiger partial charge in [-0.05, 0) is 28.7 Å². The highest BCUT2D eigenvalue weighted by Gasteiger charge is 2.07. The number of thiophene rings is 1. The number of halogens is 1. The largest absolute Gasteiger partial charge is 0.346 e. The van der Waals surface area contributed by atoms with Crippen molar-refractivity contribution < 1.29 is 4.79 Å². The van der Waals surface area contributed by atoms with Crippen molar-refractivity contribution in [3.05, 3.63) is 36.5 Å². The van der Waals surface area contributed by atoms with Crippen LogP contribution in [0.5, 0.6) is 0 Å². The molecule has 0 saturated carbocycles. The molecule has 0 fully saturated rings. The Hall–Kier alpha value is -0.470. The smallest absolute Gasteiger partial charge is 0.252 e. The van der Waals surface area contributed by atoms with E-state index >= 15 is 0 Å². The van der Waals surface area contributed by atoms with Crippen LogP contribution in [0.1, 0.15) is 16.1 Å². The number of rotatable bonds is 3. The molecule has 2 aromatic heterocycles. The van der Waals surface area contributed by atoms with Crippen molar-refractivity contribution in [3.63, 3.8) is 0 Å². The minimum atomic E-state index is -0.0397. The average molecular weight is 350 g/mol. The van der Waals surface area contributed by atoms with Crippen molar-refractivity contribution in [2.24, 2.45) is 0 Å². The lowest BCUT2D eigenvalue weighted by Gasteiger charge is -1.99. The van der Waals surface area contributed by atoms with Crippen LogP contribution >= 0.6 is 45.3 Å². The fraction of sp³-hybridized carbons (Fsp3) is 0.111. The van der Waals surface area contributed by atoms with E-state index in [1.54, 1.807) is 16.8 Å². The van der Waals surface area contributed by atoms with Crippen LogP contribution in [-0.4, -0.2) is 10.9 Å². The molecule has 0 aliphatic heterocycles. The van der Waals surface area contributed by atoms with Gasteiger partial charge in [-0.3, -0.25) is 4.79 Å². The molecule has 2 rings (SSSR count). The van der Waals surface area contributed by atoms with Gasteiger partial charge in [0.1, 0.15) is 0 Å². The second-order valence-electron chi connectivity index (χ2n) is 2.80. The van der Waals surface area contributed by atoms with Crippen LogP contribution in [0, 0.1) is 2.88 Å². The number of hydrogen-bond donors (Lipinski definition) is 1. The highest BCUT2D eigenvalue weighted by atomic mass is 127. The Morgan fingerprint density at radius 2 is 2.40 bits per heavy atom. The second kappa shape index (κ2) is 5.04. The molecule has 1 amide bonds. The molecular formula is C9H7IN2OS2. The quantitative estimate of drug-likeness (QED) is 0.865. The van der Waals surface area contributed by atoms with Gasteiger partial charge in [-0.1, -0.05) is 0 Å². The summed E-state index contributed by atoms with van der Waals surface area (Å²) in [6.07, 6.45) is 0. The van der Waals surface area contributed by atoms with Gasteiger partial charge in [0.15, 0.2) is 0 Å². The van der Waals surface area contributed by atoms with Crippen molar-refractivity contribution in [1.82, 2.24) is 10.3 Å². The standard InChI is InChI=1S/C9H7IN2OS2/c10-8-1-6(3-15-8)9(13)11-2-7-4-14-5-12-7/h1,3-5H,2H2,(H,11,13). The molecule has 0 spiro atoms. The maximum absolute atomic E-state index is 11.6. The van der Waals surface area contributed by atoms with E-state index in [2.05, 4.69) is 32.9 Å². The number of amides is 1. The Morgan fingerprint density at radius 3 is 3.00 bits per heavy atom. The fourth-order valence-electron chi connectivity index (χ4n) is 1.03. The van der Waals surface area contributed by atoms with Gasteiger partial charge in [0.2, 0.25) is 0 Å². The third-order valence-electron chi connectivity index (χ3n) is 1.74. The lowest BCUT2D eigenvalue weighted by Crippen LogP contribution is -2.22. The highest BCUT2D eigenvalue weighted by molar-refractivity contribution is 14.1. The molecule has 78 valence electrons. The summed E-state index contributed by atoms with van der Waals surface area (Å²) in [4.78, 5) is 15.7. The van der Waals surface area contributed by atoms with Crippen LogP contribution in [0.25, 0.3) is 0 Å². The molecule has 0 radical (unpaired) electrons. The molecule has 0 atom stereocenters. The SMILES string of the molecule is O=C(NCc1cscn1)c1csc(I)c1. The van der Waals surface area contributed by atoms with E-state index in [0.717, 1.165) is 14.1 Å². The topological polar surface area (TPSA) is 42.0 Å². The lowest BCUT2D eigenvalue weighted by atomic mass is 10.3. The molecular weight excluding hydrogens is 343 g/mol. The molecule has 15 heavy (non-hydrogen) atoms. The Morgan fingerprint density at radius 1 is 1.53 bits per heavy atom. The summed E-state index contributed by atoms with van der Waals surface area (Å²) in [7, 11) is 0. The van der Waals surface area contributed by atoms with Gasteiger partial charge in [-0.25, -0.2) is 4.98 Å². The number of nitrogens with zero attached hydrogens (tertiary/aromatic N) is 1. The maximum Gasteiger partial charge on any atom is 0.252 e. The first-order chi connectivity index (χ1) is 7.25. The number of carbonyl (C=O) groups excluding carboxylic acids is 1. The summed E-state index contributed by atoms with van der Waals surface area (Å²) < 4.78 is 1.12. The van der Waals surface area contributed by atoms with E-state index in [0.29, 0.717) is 6.54 Å². The molecule has 0 bridgehead atoms. The van der Waals surface area contributed by atoms with Crippen molar-refractivity contribution in [2.45, 2.75) is 6.54 Å². The first-order valence-electron chi connectivity index (χ1n) is 4.15. The van der Waals surface area contributed by atoms with E-state index in [9.17, 15) is 4.79 Å². The first-order valence-corrected chi connectivity index (χ1v) is 7.05. The average Bonchev–Trinajstić information content (AvgIpc) is 2.84. The van der Waals surface area contributed by atoms with E-state index in [-0.39, 0.29) is 5.91 Å². The number of aromatic nitrogens is 1. The monoisotopic (exact) mass is 350 g/mol. The molecule has 2 heterocycles. The zero-order valence-corrected chi connectivity index (χ0v) is 11.4. The number of thiazole rings is 1. The molecule has 0 aliphatic rings. The summed E-state index contributed by atoms with van der Waals surface area (Å²) in [5, 5.41) is 6.61. The third kappa shape index (κ3) is 2.99. The molecule has 6 heteroatoms. The zero-order chi connectivity index (χ0) is 10.7. The molecule has 3 nitrogen and oxygen atoms in total. The van der Waals surface area contributed by atoms with Crippen LogP contribution in [0.2, 0.25) is 0 Å². The van der Waals surface area contributed by atoms with Gasteiger partial charge >= 0.3 is 0 Å². The predicted octanol–water partition coefficient (Wildman–Crippen LogP) is 2.74. The maximum atomic E-state index is 11.6. The van der Waals surface area contributed by atoms with Gasteiger partial charge in [0.25, 0.3) is 5.91 Å². The molecule has 2 aromatic rings. The minimum Gasteiger partial charge on any atom is -0.346 e. The van der Waals surface area contributed by atoms with Gasteiger partial charge in [-0.15, -0.1) is 22.7 Å². The van der Waals surface area contributed by atoms with E-state index < -0.39 is 0 Å². The van der Waals surface area contributed by atoms with Gasteiger partial charge in [0, 0.05) is 10.8 Å². The van der Waals surface area contributed by atoms with E-state index in [1.165, 1.54) is 11.3 Å². The molecule has 0 aromatic carbocycles. The Kier molecular flexibility index (Phi) is 3.71. The normalized spacial score (nSPS) is 10.2. The predicted molar refractivity (Wildman–Crippen MR) is 70.3 cm³/mol. The van der Waals surface area contributed by atoms with Crippen LogP contribution in [0.4, 0.5) is 0 Å². The third-order valence-corrected chi connectivity index (χ3v) is 4.17. The van der Waals surface area contributed by atoms with Crippen LogP contribution in [0.15, 0.2) is 22.3 Å². The second-order valence-corrected chi connectivity index (χ2v) is 6.33. The first kappa shape index (κ1) is 11.0. The molecule has 0 saturated heterocycles. The van der Waals surface area contributed by atoms with Gasteiger partial charge in [0.05, 0.1) is 26.2 Å². The van der Waals surface area contributed by atoms with Gasteiger partial charge < -0.3 is 5.32 Å². The molecule has 0 aliphatic carbocycles. The number of nitrogens with one attached hydrogen (secondary N) is 1. The molecule has 1 N–H and O–H groups in total. The summed E-state index contributed by atoms with van der Waals surface area (Å²) in [6.45, 7) is 0.495. The van der Waals surface area contributed by atoms with Crippen LogP contribution in [0.3, 0.4) is 0 Å². The Bertz CT molecular complexity index is 452.